The average molecular weight is 246 g/mol. The van der Waals surface area contributed by atoms with E-state index in [0.29, 0.717) is 17.4 Å². The lowest BCUT2D eigenvalue weighted by Gasteiger charge is -2.13. The maximum atomic E-state index is 5.29. The molecule has 0 aromatic carbocycles. The van der Waals surface area contributed by atoms with Gasteiger partial charge in [0.05, 0.1) is 0 Å². The first kappa shape index (κ1) is 16.5. The van der Waals surface area contributed by atoms with Gasteiger partial charge in [0, 0.05) is 0 Å². The third-order valence-electron chi connectivity index (χ3n) is 2.78. The molecule has 0 heterocycles. The van der Waals surface area contributed by atoms with Crippen molar-refractivity contribution in [2.45, 2.75) is 33.6 Å². The van der Waals surface area contributed by atoms with Crippen LogP contribution in [0.3, 0.4) is 0 Å². The molecule has 1 atom stereocenters. The van der Waals surface area contributed by atoms with Crippen LogP contribution in [0.25, 0.3) is 0 Å². The summed E-state index contributed by atoms with van der Waals surface area (Å²) in [5.74, 6) is 2.28. The van der Waals surface area contributed by atoms with Gasteiger partial charge >= 0.3 is 0 Å². The van der Waals surface area contributed by atoms with Crippen molar-refractivity contribution in [1.29, 1.82) is 0 Å². The highest BCUT2D eigenvalue weighted by molar-refractivity contribution is 5.24. The maximum absolute atomic E-state index is 5.29. The lowest BCUT2D eigenvalue weighted by molar-refractivity contribution is 0.340. The molecule has 0 N–H and O–H groups in total. The zero-order valence-electron chi connectivity index (χ0n) is 12.0. The molecule has 1 unspecified atom stereocenters. The van der Waals surface area contributed by atoms with E-state index in [1.165, 1.54) is 6.42 Å². The van der Waals surface area contributed by atoms with E-state index in [1.54, 1.807) is 6.08 Å². The SMILES string of the molecule is C=CC(=C)OC(=C)/C=C\C(=C)C(C)CCC(C)C. The highest BCUT2D eigenvalue weighted by atomic mass is 16.5. The lowest BCUT2D eigenvalue weighted by Crippen LogP contribution is -1.99. The molecule has 0 saturated carbocycles. The Bertz CT molecular complexity index is 345. The molecule has 0 spiro atoms. The Balaban J connectivity index is 4.17. The second-order valence-corrected chi connectivity index (χ2v) is 5.02. The fourth-order valence-electron chi connectivity index (χ4n) is 1.38. The van der Waals surface area contributed by atoms with E-state index in [2.05, 4.69) is 47.1 Å². The van der Waals surface area contributed by atoms with Crippen molar-refractivity contribution in [3.8, 4) is 0 Å². The number of hydrogen-bond donors (Lipinski definition) is 0. The van der Waals surface area contributed by atoms with Crippen molar-refractivity contribution in [1.82, 2.24) is 0 Å². The van der Waals surface area contributed by atoms with Crippen LogP contribution >= 0.6 is 0 Å². The molecule has 0 rings (SSSR count). The predicted octanol–water partition coefficient (Wildman–Crippen LogP) is 5.40. The third-order valence-corrected chi connectivity index (χ3v) is 2.78. The number of allylic oxidation sites excluding steroid dienone is 4. The molecule has 0 aliphatic carbocycles. The molecule has 1 heteroatoms. The quantitative estimate of drug-likeness (QED) is 0.391. The van der Waals surface area contributed by atoms with Crippen LogP contribution < -0.4 is 0 Å². The van der Waals surface area contributed by atoms with E-state index >= 15 is 0 Å². The van der Waals surface area contributed by atoms with E-state index in [9.17, 15) is 0 Å². The summed E-state index contributed by atoms with van der Waals surface area (Å²) in [6.07, 6.45) is 7.72. The van der Waals surface area contributed by atoms with Crippen LogP contribution in [-0.2, 0) is 4.74 Å². The van der Waals surface area contributed by atoms with Crippen LogP contribution in [0.2, 0.25) is 0 Å². The molecule has 0 aromatic rings. The van der Waals surface area contributed by atoms with Crippen LogP contribution in [0.15, 0.2) is 61.6 Å². The van der Waals surface area contributed by atoms with Gasteiger partial charge in [-0.25, -0.2) is 0 Å². The van der Waals surface area contributed by atoms with Crippen molar-refractivity contribution in [2.75, 3.05) is 0 Å². The molecular weight excluding hydrogens is 220 g/mol. The van der Waals surface area contributed by atoms with Crippen LogP contribution in [0.1, 0.15) is 33.6 Å². The largest absolute Gasteiger partial charge is 0.459 e. The van der Waals surface area contributed by atoms with Crippen molar-refractivity contribution in [2.24, 2.45) is 11.8 Å². The van der Waals surface area contributed by atoms with Gasteiger partial charge in [0.15, 0.2) is 0 Å². The monoisotopic (exact) mass is 246 g/mol. The van der Waals surface area contributed by atoms with Gasteiger partial charge in [-0.3, -0.25) is 0 Å². The number of hydrogen-bond acceptors (Lipinski definition) is 1. The zero-order chi connectivity index (χ0) is 14.1. The predicted molar refractivity (Wildman–Crippen MR) is 81.1 cm³/mol. The summed E-state index contributed by atoms with van der Waals surface area (Å²) < 4.78 is 5.29. The third kappa shape index (κ3) is 7.72. The summed E-state index contributed by atoms with van der Waals surface area (Å²) >= 11 is 0. The second kappa shape index (κ2) is 8.57. The maximum Gasteiger partial charge on any atom is 0.120 e. The first-order valence-electron chi connectivity index (χ1n) is 6.41. The minimum atomic E-state index is 0.485. The molecule has 0 bridgehead atoms. The van der Waals surface area contributed by atoms with Gasteiger partial charge in [-0.2, -0.15) is 0 Å². The summed E-state index contributed by atoms with van der Waals surface area (Å²) in [4.78, 5) is 0. The summed E-state index contributed by atoms with van der Waals surface area (Å²) in [6.45, 7) is 21.8. The highest BCUT2D eigenvalue weighted by Crippen LogP contribution is 2.19. The Labute approximate surface area is 112 Å². The average Bonchev–Trinajstić information content (AvgIpc) is 2.32. The van der Waals surface area contributed by atoms with Gasteiger partial charge in [-0.1, -0.05) is 65.2 Å². The summed E-state index contributed by atoms with van der Waals surface area (Å²) in [7, 11) is 0. The van der Waals surface area contributed by atoms with E-state index in [1.807, 2.05) is 12.2 Å². The van der Waals surface area contributed by atoms with Crippen LogP contribution in [-0.4, -0.2) is 0 Å². The lowest BCUT2D eigenvalue weighted by atomic mass is 9.93. The normalized spacial score (nSPS) is 12.4. The van der Waals surface area contributed by atoms with Crippen LogP contribution in [0, 0.1) is 11.8 Å². The summed E-state index contributed by atoms with van der Waals surface area (Å²) in [5, 5.41) is 0. The Hall–Kier alpha value is -1.50. The first-order chi connectivity index (χ1) is 8.36. The zero-order valence-corrected chi connectivity index (χ0v) is 12.0. The van der Waals surface area contributed by atoms with E-state index < -0.39 is 0 Å². The number of rotatable bonds is 9. The fraction of sp³-hybridized carbons (Fsp3) is 0.412. The van der Waals surface area contributed by atoms with Crippen molar-refractivity contribution in [3.05, 3.63) is 61.6 Å². The summed E-state index contributed by atoms with van der Waals surface area (Å²) in [6, 6.07) is 0. The van der Waals surface area contributed by atoms with Gasteiger partial charge < -0.3 is 4.74 Å². The Kier molecular flexibility index (Phi) is 7.86. The molecule has 0 amide bonds. The Morgan fingerprint density at radius 1 is 1.00 bits per heavy atom. The second-order valence-electron chi connectivity index (χ2n) is 5.02. The van der Waals surface area contributed by atoms with Crippen LogP contribution in [0.5, 0.6) is 0 Å². The van der Waals surface area contributed by atoms with Crippen molar-refractivity contribution >= 4 is 0 Å². The minimum Gasteiger partial charge on any atom is -0.459 e. The molecule has 0 fully saturated rings. The van der Waals surface area contributed by atoms with Gasteiger partial charge in [-0.15, -0.1) is 0 Å². The van der Waals surface area contributed by atoms with Gasteiger partial charge in [-0.05, 0) is 30.4 Å². The van der Waals surface area contributed by atoms with Gasteiger partial charge in [0.25, 0.3) is 0 Å². The minimum absolute atomic E-state index is 0.485. The molecule has 0 saturated heterocycles. The molecule has 0 aromatic heterocycles. The van der Waals surface area contributed by atoms with E-state index in [0.717, 1.165) is 17.9 Å². The van der Waals surface area contributed by atoms with E-state index in [-0.39, 0.29) is 0 Å². The molecule has 1 nitrogen and oxygen atoms in total. The highest BCUT2D eigenvalue weighted by Gasteiger charge is 2.05. The molecule has 0 aliphatic rings. The Morgan fingerprint density at radius 2 is 1.61 bits per heavy atom. The molecule has 18 heavy (non-hydrogen) atoms. The topological polar surface area (TPSA) is 9.23 Å². The number of ether oxygens (including phenoxy) is 1. The van der Waals surface area contributed by atoms with E-state index in [4.69, 9.17) is 4.74 Å². The molecule has 0 radical (unpaired) electrons. The van der Waals surface area contributed by atoms with Crippen molar-refractivity contribution in [3.63, 3.8) is 0 Å². The molecular formula is C17H26O. The molecule has 0 aliphatic heterocycles. The first-order valence-corrected chi connectivity index (χ1v) is 6.41. The van der Waals surface area contributed by atoms with Crippen molar-refractivity contribution < 1.29 is 4.74 Å². The van der Waals surface area contributed by atoms with Crippen LogP contribution in [0.4, 0.5) is 0 Å². The Morgan fingerprint density at radius 3 is 2.11 bits per heavy atom. The van der Waals surface area contributed by atoms with Gasteiger partial charge in [0.2, 0.25) is 0 Å². The summed E-state index contributed by atoms with van der Waals surface area (Å²) in [5.41, 5.74) is 1.10. The smallest absolute Gasteiger partial charge is 0.120 e. The fourth-order valence-corrected chi connectivity index (χ4v) is 1.38. The van der Waals surface area contributed by atoms with Gasteiger partial charge in [0.1, 0.15) is 11.5 Å². The standard InChI is InChI=1S/C17H26O/c1-8-16(6)18-17(7)12-11-15(5)14(4)10-9-13(2)3/h8,11-14H,1,5-7,9-10H2,2-4H3/b12-11-. The molecule has 100 valence electrons.